The van der Waals surface area contributed by atoms with Crippen LogP contribution in [0.3, 0.4) is 0 Å². The summed E-state index contributed by atoms with van der Waals surface area (Å²) < 4.78 is 0. The molecule has 1 saturated heterocycles. The van der Waals surface area contributed by atoms with Crippen LogP contribution in [0.4, 0.5) is 0 Å². The number of H-pyrrole nitrogens is 1. The number of aromatic amines is 1. The van der Waals surface area contributed by atoms with E-state index in [-0.39, 0.29) is 23.2 Å². The third kappa shape index (κ3) is 3.59. The molecule has 1 aromatic rings. The first-order valence-corrected chi connectivity index (χ1v) is 7.25. The third-order valence-electron chi connectivity index (χ3n) is 3.62. The number of likely N-dealkylation sites (N-methyl/N-ethyl adjacent to an activating group) is 1. The Kier molecular flexibility index (Phi) is 4.34. The zero-order valence-corrected chi connectivity index (χ0v) is 13.4. The van der Waals surface area contributed by atoms with E-state index >= 15 is 0 Å². The topological polar surface area (TPSA) is 85.4 Å². The number of aromatic nitrogens is 3. The van der Waals surface area contributed by atoms with Gasteiger partial charge in [0.25, 0.3) is 5.91 Å². The summed E-state index contributed by atoms with van der Waals surface area (Å²) in [4.78, 5) is 20.6. The predicted octanol–water partition coefficient (Wildman–Crippen LogP) is 0.239. The van der Waals surface area contributed by atoms with Gasteiger partial charge < -0.3 is 14.9 Å². The second-order valence-electron chi connectivity index (χ2n) is 7.02. The Morgan fingerprint density at radius 3 is 2.67 bits per heavy atom. The highest BCUT2D eigenvalue weighted by molar-refractivity contribution is 5.91. The van der Waals surface area contributed by atoms with Crippen LogP contribution in [0, 0.1) is 0 Å². The largest absolute Gasteiger partial charge is 0.391 e. The Hall–Kier alpha value is -1.47. The third-order valence-corrected chi connectivity index (χ3v) is 3.62. The van der Waals surface area contributed by atoms with Crippen LogP contribution >= 0.6 is 0 Å². The molecule has 0 bridgehead atoms. The lowest BCUT2D eigenvalue weighted by molar-refractivity contribution is 0.0687. The van der Waals surface area contributed by atoms with Gasteiger partial charge in [0.05, 0.1) is 6.10 Å². The summed E-state index contributed by atoms with van der Waals surface area (Å²) in [7, 11) is 3.91. The SMILES string of the molecule is CN(C)CC1CC(O)CN1C(=O)c1n[nH]c(C(C)(C)C)n1. The summed E-state index contributed by atoms with van der Waals surface area (Å²) in [6.45, 7) is 7.10. The van der Waals surface area contributed by atoms with Gasteiger partial charge in [-0.2, -0.15) is 0 Å². The van der Waals surface area contributed by atoms with Crippen molar-refractivity contribution in [3.05, 3.63) is 11.6 Å². The van der Waals surface area contributed by atoms with Crippen molar-refractivity contribution in [2.75, 3.05) is 27.2 Å². The van der Waals surface area contributed by atoms with Crippen LogP contribution in [-0.2, 0) is 5.41 Å². The van der Waals surface area contributed by atoms with E-state index in [9.17, 15) is 9.90 Å². The van der Waals surface area contributed by atoms with Crippen LogP contribution in [0.1, 0.15) is 43.6 Å². The van der Waals surface area contributed by atoms with Gasteiger partial charge in [-0.15, -0.1) is 5.10 Å². The van der Waals surface area contributed by atoms with Crippen molar-refractivity contribution in [3.8, 4) is 0 Å². The fourth-order valence-corrected chi connectivity index (χ4v) is 2.56. The first-order chi connectivity index (χ1) is 9.68. The van der Waals surface area contributed by atoms with Gasteiger partial charge in [0.15, 0.2) is 0 Å². The Balaban J connectivity index is 2.16. The van der Waals surface area contributed by atoms with Crippen LogP contribution in [0.15, 0.2) is 0 Å². The smallest absolute Gasteiger partial charge is 0.293 e. The van der Waals surface area contributed by atoms with Crippen LogP contribution in [-0.4, -0.2) is 75.3 Å². The van der Waals surface area contributed by atoms with Gasteiger partial charge in [0.2, 0.25) is 5.82 Å². The number of carbonyl (C=O) groups is 1. The van der Waals surface area contributed by atoms with Crippen LogP contribution in [0.2, 0.25) is 0 Å². The van der Waals surface area contributed by atoms with Crippen molar-refractivity contribution in [3.63, 3.8) is 0 Å². The number of nitrogens with one attached hydrogen (secondary N) is 1. The molecule has 2 atom stereocenters. The minimum absolute atomic E-state index is 0.000846. The molecule has 2 heterocycles. The number of rotatable bonds is 3. The molecule has 2 N–H and O–H groups in total. The molecular weight excluding hydrogens is 270 g/mol. The Morgan fingerprint density at radius 2 is 2.14 bits per heavy atom. The average molecular weight is 295 g/mol. The van der Waals surface area contributed by atoms with E-state index in [0.717, 1.165) is 6.54 Å². The number of aliphatic hydroxyl groups excluding tert-OH is 1. The second kappa shape index (κ2) is 5.73. The first-order valence-electron chi connectivity index (χ1n) is 7.25. The normalized spacial score (nSPS) is 23.1. The summed E-state index contributed by atoms with van der Waals surface area (Å²) >= 11 is 0. The molecule has 1 aliphatic rings. The van der Waals surface area contributed by atoms with Gasteiger partial charge >= 0.3 is 0 Å². The minimum Gasteiger partial charge on any atom is -0.391 e. The lowest BCUT2D eigenvalue weighted by Crippen LogP contribution is -2.41. The zero-order chi connectivity index (χ0) is 15.8. The lowest BCUT2D eigenvalue weighted by atomic mass is 9.96. The molecule has 1 aliphatic heterocycles. The molecule has 0 saturated carbocycles. The van der Waals surface area contributed by atoms with Crippen molar-refractivity contribution in [2.24, 2.45) is 0 Å². The second-order valence-corrected chi connectivity index (χ2v) is 7.02. The number of likely N-dealkylation sites (tertiary alicyclic amines) is 1. The highest BCUT2D eigenvalue weighted by Gasteiger charge is 2.36. The molecule has 0 radical (unpaired) electrons. The van der Waals surface area contributed by atoms with Crippen molar-refractivity contribution in [2.45, 2.75) is 44.8 Å². The van der Waals surface area contributed by atoms with Gasteiger partial charge in [-0.25, -0.2) is 4.98 Å². The lowest BCUT2D eigenvalue weighted by Gasteiger charge is -2.25. The number of hydrogen-bond donors (Lipinski definition) is 2. The first kappa shape index (κ1) is 15.9. The molecule has 2 unspecified atom stereocenters. The monoisotopic (exact) mass is 295 g/mol. The number of nitrogens with zero attached hydrogens (tertiary/aromatic N) is 4. The number of carbonyl (C=O) groups excluding carboxylic acids is 1. The van der Waals surface area contributed by atoms with E-state index < -0.39 is 6.10 Å². The molecule has 118 valence electrons. The molecule has 0 aliphatic carbocycles. The minimum atomic E-state index is -0.472. The average Bonchev–Trinajstić information content (AvgIpc) is 2.93. The standard InChI is InChI=1S/C14H25N5O2/c1-14(2,3)13-15-11(16-17-13)12(21)19-8-10(20)6-9(19)7-18(4)5/h9-10,20H,6-8H2,1-5H3,(H,15,16,17). The molecule has 1 aromatic heterocycles. The van der Waals surface area contributed by atoms with Crippen LogP contribution < -0.4 is 0 Å². The molecule has 1 amide bonds. The van der Waals surface area contributed by atoms with E-state index in [1.165, 1.54) is 0 Å². The number of aliphatic hydroxyl groups is 1. The molecule has 7 heteroatoms. The van der Waals surface area contributed by atoms with E-state index in [1.54, 1.807) is 4.90 Å². The summed E-state index contributed by atoms with van der Waals surface area (Å²) in [5.41, 5.74) is -0.181. The van der Waals surface area contributed by atoms with Crippen molar-refractivity contribution in [1.82, 2.24) is 25.0 Å². The molecule has 1 fully saturated rings. The number of amides is 1. The molecule has 0 spiro atoms. The Labute approximate surface area is 125 Å². The molecular formula is C14H25N5O2. The molecule has 2 rings (SSSR count). The van der Waals surface area contributed by atoms with E-state index in [4.69, 9.17) is 0 Å². The van der Waals surface area contributed by atoms with Gasteiger partial charge in [-0.1, -0.05) is 20.8 Å². The maximum Gasteiger partial charge on any atom is 0.293 e. The molecule has 21 heavy (non-hydrogen) atoms. The van der Waals surface area contributed by atoms with Gasteiger partial charge in [0, 0.05) is 24.5 Å². The maximum absolute atomic E-state index is 12.6. The Bertz CT molecular complexity index is 506. The van der Waals surface area contributed by atoms with Gasteiger partial charge in [0.1, 0.15) is 5.82 Å². The van der Waals surface area contributed by atoms with Crippen molar-refractivity contribution < 1.29 is 9.90 Å². The zero-order valence-electron chi connectivity index (χ0n) is 13.4. The summed E-state index contributed by atoms with van der Waals surface area (Å²) in [5.74, 6) is 0.651. The fourth-order valence-electron chi connectivity index (χ4n) is 2.56. The van der Waals surface area contributed by atoms with Gasteiger partial charge in [-0.3, -0.25) is 9.89 Å². The van der Waals surface area contributed by atoms with Crippen LogP contribution in [0.5, 0.6) is 0 Å². The summed E-state index contributed by atoms with van der Waals surface area (Å²) in [5, 5.41) is 16.7. The maximum atomic E-state index is 12.6. The predicted molar refractivity (Wildman–Crippen MR) is 79.1 cm³/mol. The molecule has 0 aromatic carbocycles. The number of β-amino-alcohol motifs (C(OH)–C–C–N with tert-alkyl or cyclic N) is 1. The highest BCUT2D eigenvalue weighted by atomic mass is 16.3. The number of hydrogen-bond acceptors (Lipinski definition) is 5. The van der Waals surface area contributed by atoms with Crippen molar-refractivity contribution >= 4 is 5.91 Å². The van der Waals surface area contributed by atoms with Crippen molar-refractivity contribution in [1.29, 1.82) is 0 Å². The summed E-state index contributed by atoms with van der Waals surface area (Å²) in [6.07, 6.45) is 0.125. The van der Waals surface area contributed by atoms with E-state index in [0.29, 0.717) is 18.8 Å². The quantitative estimate of drug-likeness (QED) is 0.834. The van der Waals surface area contributed by atoms with Crippen LogP contribution in [0.25, 0.3) is 0 Å². The van der Waals surface area contributed by atoms with Gasteiger partial charge in [-0.05, 0) is 20.5 Å². The van der Waals surface area contributed by atoms with E-state index in [1.807, 2.05) is 39.8 Å². The summed E-state index contributed by atoms with van der Waals surface area (Å²) in [6, 6.07) is -0.000846. The van der Waals surface area contributed by atoms with E-state index in [2.05, 4.69) is 15.2 Å². The fraction of sp³-hybridized carbons (Fsp3) is 0.786. The molecule has 7 nitrogen and oxygen atoms in total. The highest BCUT2D eigenvalue weighted by Crippen LogP contribution is 2.22. The Morgan fingerprint density at radius 1 is 1.48 bits per heavy atom.